The predicted octanol–water partition coefficient (Wildman–Crippen LogP) is 4.60. The molecule has 1 heterocycles. The lowest BCUT2D eigenvalue weighted by atomic mass is 10.1. The van der Waals surface area contributed by atoms with Crippen LogP contribution in [0.15, 0.2) is 78.9 Å². The van der Waals surface area contributed by atoms with Crippen molar-refractivity contribution >= 4 is 31.4 Å². The van der Waals surface area contributed by atoms with Crippen LogP contribution in [0.3, 0.4) is 0 Å². The number of hydrogen-bond acceptors (Lipinski definition) is 6. The number of sulfonamides is 2. The molecule has 11 heteroatoms. The first kappa shape index (κ1) is 30.7. The highest BCUT2D eigenvalue weighted by atomic mass is 32.2. The third-order valence-electron chi connectivity index (χ3n) is 6.97. The van der Waals surface area contributed by atoms with Crippen molar-refractivity contribution in [2.24, 2.45) is 0 Å². The van der Waals surface area contributed by atoms with E-state index < -0.39 is 26.1 Å². The van der Waals surface area contributed by atoms with Crippen molar-refractivity contribution in [1.82, 2.24) is 8.77 Å². The first-order valence-electron chi connectivity index (χ1n) is 13.5. The van der Waals surface area contributed by atoms with Gasteiger partial charge in [0, 0.05) is 31.4 Å². The molecule has 0 aliphatic carbocycles. The van der Waals surface area contributed by atoms with Crippen molar-refractivity contribution in [1.29, 1.82) is 0 Å². The van der Waals surface area contributed by atoms with Crippen LogP contribution in [0.5, 0.6) is 0 Å². The number of fused-ring (bicyclic) bond motifs is 1. The molecule has 0 bridgehead atoms. The van der Waals surface area contributed by atoms with E-state index in [0.717, 1.165) is 27.5 Å². The van der Waals surface area contributed by atoms with Gasteiger partial charge in [-0.3, -0.25) is 4.84 Å². The van der Waals surface area contributed by atoms with Gasteiger partial charge < -0.3 is 4.90 Å². The number of rotatable bonds is 12. The fourth-order valence-electron chi connectivity index (χ4n) is 5.03. The third-order valence-corrected chi connectivity index (χ3v) is 10.1. The van der Waals surface area contributed by atoms with Gasteiger partial charge in [0.05, 0.1) is 31.7 Å². The predicted molar refractivity (Wildman–Crippen MR) is 161 cm³/mol. The topological polar surface area (TPSA) is 91.6 Å². The van der Waals surface area contributed by atoms with Crippen molar-refractivity contribution in [3.8, 4) is 0 Å². The van der Waals surface area contributed by atoms with Crippen LogP contribution in [0.2, 0.25) is 0 Å². The highest BCUT2D eigenvalue weighted by Gasteiger charge is 2.35. The normalized spacial score (nSPS) is 16.2. The zero-order chi connectivity index (χ0) is 29.5. The molecule has 4 rings (SSSR count). The van der Waals surface area contributed by atoms with Crippen molar-refractivity contribution in [2.45, 2.75) is 39.0 Å². The summed E-state index contributed by atoms with van der Waals surface area (Å²) in [6.45, 7) is 10.2. The van der Waals surface area contributed by atoms with Crippen LogP contribution in [0.1, 0.15) is 30.0 Å². The Bertz CT molecular complexity index is 1560. The number of hydrogen-bond donors (Lipinski definition) is 0. The minimum absolute atomic E-state index is 0.0192. The van der Waals surface area contributed by atoms with Gasteiger partial charge in [-0.2, -0.15) is 4.31 Å². The van der Waals surface area contributed by atoms with Crippen LogP contribution < -0.4 is 4.90 Å². The van der Waals surface area contributed by atoms with Crippen LogP contribution in [0, 0.1) is 6.57 Å². The van der Waals surface area contributed by atoms with E-state index in [1.807, 2.05) is 78.6 Å². The third kappa shape index (κ3) is 8.15. The summed E-state index contributed by atoms with van der Waals surface area (Å²) in [5.41, 5.74) is 3.76. The molecular weight excluding hydrogens is 560 g/mol. The molecule has 0 aromatic heterocycles. The van der Waals surface area contributed by atoms with Gasteiger partial charge in [0.1, 0.15) is 0 Å². The Hall–Kier alpha value is -3.27. The van der Waals surface area contributed by atoms with Gasteiger partial charge in [0.2, 0.25) is 20.0 Å². The van der Waals surface area contributed by atoms with Gasteiger partial charge >= 0.3 is 0 Å². The highest BCUT2D eigenvalue weighted by molar-refractivity contribution is 7.89. The van der Waals surface area contributed by atoms with Gasteiger partial charge in [-0.1, -0.05) is 78.1 Å². The minimum atomic E-state index is -3.70. The summed E-state index contributed by atoms with van der Waals surface area (Å²) in [6.07, 6.45) is 2.08. The monoisotopic (exact) mass is 596 g/mol. The largest absolute Gasteiger partial charge is 0.368 e. The molecule has 0 radical (unpaired) electrons. The smallest absolute Gasteiger partial charge is 0.233 e. The number of benzene rings is 3. The second-order valence-corrected chi connectivity index (χ2v) is 14.0. The fraction of sp³-hybridized carbons (Fsp3) is 0.367. The fourth-order valence-corrected chi connectivity index (χ4v) is 7.37. The van der Waals surface area contributed by atoms with E-state index in [1.54, 1.807) is 16.4 Å². The van der Waals surface area contributed by atoms with E-state index in [-0.39, 0.29) is 32.0 Å². The summed E-state index contributed by atoms with van der Waals surface area (Å²) < 4.78 is 55.0. The molecule has 3 aromatic rings. The number of hydroxylamine groups is 1. The second-order valence-electron chi connectivity index (χ2n) is 10.1. The second kappa shape index (κ2) is 13.6. The standard InChI is InChI=1S/C30H36N4O5S2/c1-4-19-41(37,38)33-22-27-21-28(31-2)15-16-30(27)32(23-29(33)20-25-11-7-5-8-12-25)17-18-34(40(3,35)36)39-24-26-13-9-6-10-14-26/h5-16,21,29H,4,17-20,22-24H2,1,3H3/t29-/m1/s1. The molecule has 1 aliphatic heterocycles. The molecule has 3 aromatic carbocycles. The van der Waals surface area contributed by atoms with Gasteiger partial charge in [0.25, 0.3) is 0 Å². The van der Waals surface area contributed by atoms with Crippen molar-refractivity contribution < 1.29 is 21.7 Å². The lowest BCUT2D eigenvalue weighted by molar-refractivity contribution is -0.0936. The summed E-state index contributed by atoms with van der Waals surface area (Å²) in [7, 11) is -7.31. The summed E-state index contributed by atoms with van der Waals surface area (Å²) in [5, 5.41) is 0. The summed E-state index contributed by atoms with van der Waals surface area (Å²) >= 11 is 0. The van der Waals surface area contributed by atoms with Crippen molar-refractivity contribution in [3.63, 3.8) is 0 Å². The zero-order valence-corrected chi connectivity index (χ0v) is 25.0. The minimum Gasteiger partial charge on any atom is -0.368 e. The molecule has 218 valence electrons. The van der Waals surface area contributed by atoms with Crippen LogP contribution in [0.25, 0.3) is 4.85 Å². The average Bonchev–Trinajstić information content (AvgIpc) is 3.10. The maximum atomic E-state index is 13.6. The van der Waals surface area contributed by atoms with E-state index in [4.69, 9.17) is 11.4 Å². The van der Waals surface area contributed by atoms with Crippen molar-refractivity contribution in [2.75, 3.05) is 36.5 Å². The molecule has 1 aliphatic rings. The van der Waals surface area contributed by atoms with E-state index >= 15 is 0 Å². The quantitative estimate of drug-likeness (QED) is 0.224. The highest BCUT2D eigenvalue weighted by Crippen LogP contribution is 2.33. The van der Waals surface area contributed by atoms with Gasteiger partial charge in [-0.25, -0.2) is 21.7 Å². The summed E-state index contributed by atoms with van der Waals surface area (Å²) in [6, 6.07) is 23.9. The average molecular weight is 597 g/mol. The SMILES string of the molecule is [C-]#[N+]c1ccc2c(c1)CN(S(=O)(=O)CCC)[C@H](Cc1ccccc1)CN2CCN(OCc1ccccc1)S(C)(=O)=O. The van der Waals surface area contributed by atoms with Crippen LogP contribution >= 0.6 is 0 Å². The molecule has 1 atom stereocenters. The molecule has 0 saturated carbocycles. The van der Waals surface area contributed by atoms with Crippen LogP contribution in [-0.2, 0) is 44.5 Å². The molecule has 0 unspecified atom stereocenters. The van der Waals surface area contributed by atoms with E-state index in [9.17, 15) is 16.8 Å². The molecule has 9 nitrogen and oxygen atoms in total. The van der Waals surface area contributed by atoms with E-state index in [0.29, 0.717) is 30.6 Å². The van der Waals surface area contributed by atoms with Gasteiger partial charge in [-0.15, -0.1) is 0 Å². The summed E-state index contributed by atoms with van der Waals surface area (Å²) in [5.74, 6) is 0.0192. The molecule has 0 amide bonds. The first-order valence-corrected chi connectivity index (χ1v) is 17.0. The summed E-state index contributed by atoms with van der Waals surface area (Å²) in [4.78, 5) is 11.3. The maximum absolute atomic E-state index is 13.6. The van der Waals surface area contributed by atoms with Gasteiger partial charge in [0.15, 0.2) is 5.69 Å². The Balaban J connectivity index is 1.67. The van der Waals surface area contributed by atoms with Crippen molar-refractivity contribution in [3.05, 3.63) is 107 Å². The van der Waals surface area contributed by atoms with E-state index in [1.165, 1.54) is 0 Å². The maximum Gasteiger partial charge on any atom is 0.233 e. The molecule has 0 saturated heterocycles. The Morgan fingerprint density at radius 3 is 2.24 bits per heavy atom. The Labute approximate surface area is 243 Å². The zero-order valence-electron chi connectivity index (χ0n) is 23.4. The Kier molecular flexibility index (Phi) is 10.2. The lowest BCUT2D eigenvalue weighted by Crippen LogP contribution is -2.48. The molecule has 41 heavy (non-hydrogen) atoms. The Morgan fingerprint density at radius 2 is 1.63 bits per heavy atom. The van der Waals surface area contributed by atoms with Crippen LogP contribution in [0.4, 0.5) is 11.4 Å². The van der Waals surface area contributed by atoms with Gasteiger partial charge in [-0.05, 0) is 41.7 Å². The van der Waals surface area contributed by atoms with E-state index in [2.05, 4.69) is 4.85 Å². The molecule has 0 N–H and O–H groups in total. The molecule has 0 fully saturated rings. The molecular formula is C30H36N4O5S2. The number of nitrogens with zero attached hydrogens (tertiary/aromatic N) is 4. The Morgan fingerprint density at radius 1 is 0.976 bits per heavy atom. The number of anilines is 1. The van der Waals surface area contributed by atoms with Crippen LogP contribution in [-0.4, -0.2) is 63.3 Å². The first-order chi connectivity index (χ1) is 19.6. The molecule has 0 spiro atoms. The lowest BCUT2D eigenvalue weighted by Gasteiger charge is -2.33.